The highest BCUT2D eigenvalue weighted by atomic mass is 15.3. The summed E-state index contributed by atoms with van der Waals surface area (Å²) in [5.41, 5.74) is 0. The minimum Gasteiger partial charge on any atom is -0.304 e. The smallest absolute Gasteiger partial charge is 0.0113 e. The van der Waals surface area contributed by atoms with Gasteiger partial charge in [-0.05, 0) is 52.2 Å². The first-order valence-electron chi connectivity index (χ1n) is 7.87. The molecule has 0 radical (unpaired) electrons. The second-order valence-corrected chi connectivity index (χ2v) is 6.31. The molecule has 0 aromatic heterocycles. The summed E-state index contributed by atoms with van der Waals surface area (Å²) in [6, 6.07) is 0.722. The van der Waals surface area contributed by atoms with E-state index in [1.807, 2.05) is 0 Å². The van der Waals surface area contributed by atoms with Crippen molar-refractivity contribution in [3.8, 4) is 0 Å². The van der Waals surface area contributed by atoms with Crippen molar-refractivity contribution in [1.82, 2.24) is 14.7 Å². The third kappa shape index (κ3) is 3.94. The monoisotopic (exact) mass is 253 g/mol. The van der Waals surface area contributed by atoms with Gasteiger partial charge in [0.2, 0.25) is 0 Å². The van der Waals surface area contributed by atoms with Gasteiger partial charge in [-0.1, -0.05) is 6.92 Å². The molecule has 3 heteroatoms. The highest BCUT2D eigenvalue weighted by molar-refractivity contribution is 4.79. The van der Waals surface area contributed by atoms with E-state index in [9.17, 15) is 0 Å². The van der Waals surface area contributed by atoms with E-state index in [-0.39, 0.29) is 0 Å². The van der Waals surface area contributed by atoms with E-state index in [1.54, 1.807) is 0 Å². The van der Waals surface area contributed by atoms with Crippen LogP contribution in [0, 0.1) is 5.92 Å². The van der Waals surface area contributed by atoms with Gasteiger partial charge in [0, 0.05) is 38.8 Å². The molecule has 2 rings (SSSR count). The molecule has 3 nitrogen and oxygen atoms in total. The summed E-state index contributed by atoms with van der Waals surface area (Å²) in [6.07, 6.45) is 2.83. The van der Waals surface area contributed by atoms with Crippen LogP contribution in [0.15, 0.2) is 0 Å². The largest absolute Gasteiger partial charge is 0.304 e. The molecule has 0 amide bonds. The summed E-state index contributed by atoms with van der Waals surface area (Å²) < 4.78 is 0. The zero-order valence-corrected chi connectivity index (χ0v) is 12.6. The number of nitrogens with zero attached hydrogens (tertiary/aromatic N) is 3. The Balaban J connectivity index is 1.66. The van der Waals surface area contributed by atoms with Crippen molar-refractivity contribution in [1.29, 1.82) is 0 Å². The lowest BCUT2D eigenvalue weighted by atomic mass is 9.96. The summed E-state index contributed by atoms with van der Waals surface area (Å²) in [7, 11) is 0. The summed E-state index contributed by atoms with van der Waals surface area (Å²) in [5.74, 6) is 0.957. The average molecular weight is 253 g/mol. The van der Waals surface area contributed by atoms with Crippen LogP contribution < -0.4 is 0 Å². The molecule has 0 N–H and O–H groups in total. The number of hydrogen-bond donors (Lipinski definition) is 0. The third-order valence-corrected chi connectivity index (χ3v) is 4.81. The Morgan fingerprint density at radius 1 is 0.889 bits per heavy atom. The molecular weight excluding hydrogens is 222 g/mol. The minimum atomic E-state index is 0.722. The van der Waals surface area contributed by atoms with Crippen LogP contribution in [0.25, 0.3) is 0 Å². The lowest BCUT2D eigenvalue weighted by Gasteiger charge is -2.40. The quantitative estimate of drug-likeness (QED) is 0.756. The van der Waals surface area contributed by atoms with E-state index in [4.69, 9.17) is 0 Å². The molecule has 0 aliphatic carbocycles. The van der Waals surface area contributed by atoms with Crippen LogP contribution in [0.4, 0.5) is 0 Å². The summed E-state index contributed by atoms with van der Waals surface area (Å²) in [4.78, 5) is 7.90. The Kier molecular flexibility index (Phi) is 5.46. The molecule has 0 aromatic rings. The Labute approximate surface area is 113 Å². The lowest BCUT2D eigenvalue weighted by molar-refractivity contribution is 0.0818. The van der Waals surface area contributed by atoms with Crippen molar-refractivity contribution in [3.63, 3.8) is 0 Å². The summed E-state index contributed by atoms with van der Waals surface area (Å²) in [6.45, 7) is 17.3. The molecule has 2 aliphatic heterocycles. The summed E-state index contributed by atoms with van der Waals surface area (Å²) >= 11 is 0. The van der Waals surface area contributed by atoms with Crippen molar-refractivity contribution in [3.05, 3.63) is 0 Å². The molecule has 2 heterocycles. The molecule has 2 aliphatic rings. The van der Waals surface area contributed by atoms with Crippen LogP contribution in [-0.2, 0) is 0 Å². The second kappa shape index (κ2) is 6.88. The van der Waals surface area contributed by atoms with Gasteiger partial charge in [0.25, 0.3) is 0 Å². The zero-order chi connectivity index (χ0) is 13.0. The van der Waals surface area contributed by atoms with Crippen molar-refractivity contribution in [2.75, 3.05) is 52.4 Å². The first kappa shape index (κ1) is 14.3. The van der Waals surface area contributed by atoms with E-state index in [0.717, 1.165) is 12.0 Å². The third-order valence-electron chi connectivity index (χ3n) is 4.81. The maximum atomic E-state index is 2.70. The van der Waals surface area contributed by atoms with Crippen molar-refractivity contribution in [2.45, 2.75) is 39.7 Å². The van der Waals surface area contributed by atoms with Gasteiger partial charge in [-0.3, -0.25) is 4.90 Å². The van der Waals surface area contributed by atoms with Gasteiger partial charge >= 0.3 is 0 Å². The van der Waals surface area contributed by atoms with Gasteiger partial charge in [-0.2, -0.15) is 0 Å². The Hall–Kier alpha value is -0.120. The van der Waals surface area contributed by atoms with Gasteiger partial charge in [0.15, 0.2) is 0 Å². The van der Waals surface area contributed by atoms with E-state index < -0.39 is 0 Å². The SMILES string of the molecule is CCN1CCC(CN2CCN(C(C)C)CC2)CC1. The fourth-order valence-corrected chi connectivity index (χ4v) is 3.31. The molecule has 2 fully saturated rings. The van der Waals surface area contributed by atoms with Crippen LogP contribution in [0.1, 0.15) is 33.6 Å². The van der Waals surface area contributed by atoms with Gasteiger partial charge in [0.05, 0.1) is 0 Å². The Morgan fingerprint density at radius 3 is 2.00 bits per heavy atom. The van der Waals surface area contributed by atoms with Crippen LogP contribution in [-0.4, -0.2) is 73.1 Å². The van der Waals surface area contributed by atoms with Gasteiger partial charge in [-0.25, -0.2) is 0 Å². The number of likely N-dealkylation sites (tertiary alicyclic amines) is 1. The second-order valence-electron chi connectivity index (χ2n) is 6.31. The fraction of sp³-hybridized carbons (Fsp3) is 1.00. The van der Waals surface area contributed by atoms with Crippen LogP contribution in [0.2, 0.25) is 0 Å². The molecule has 0 unspecified atom stereocenters. The molecule has 2 saturated heterocycles. The van der Waals surface area contributed by atoms with Crippen molar-refractivity contribution >= 4 is 0 Å². The topological polar surface area (TPSA) is 9.72 Å². The number of rotatable bonds is 4. The molecule has 0 bridgehead atoms. The standard InChI is InChI=1S/C15H31N3/c1-4-16-7-5-15(6-8-16)13-17-9-11-18(12-10-17)14(2)3/h14-15H,4-13H2,1-3H3. The number of piperazine rings is 1. The highest BCUT2D eigenvalue weighted by Gasteiger charge is 2.23. The van der Waals surface area contributed by atoms with Crippen LogP contribution >= 0.6 is 0 Å². The first-order valence-corrected chi connectivity index (χ1v) is 7.87. The van der Waals surface area contributed by atoms with Crippen LogP contribution in [0.3, 0.4) is 0 Å². The molecule has 0 aromatic carbocycles. The van der Waals surface area contributed by atoms with Gasteiger partial charge in [0.1, 0.15) is 0 Å². The zero-order valence-electron chi connectivity index (χ0n) is 12.6. The number of hydrogen-bond acceptors (Lipinski definition) is 3. The minimum absolute atomic E-state index is 0.722. The van der Waals surface area contributed by atoms with Crippen LogP contribution in [0.5, 0.6) is 0 Å². The molecule has 18 heavy (non-hydrogen) atoms. The van der Waals surface area contributed by atoms with Gasteiger partial charge < -0.3 is 9.80 Å². The molecule has 0 saturated carbocycles. The van der Waals surface area contributed by atoms with Gasteiger partial charge in [-0.15, -0.1) is 0 Å². The molecule has 0 spiro atoms. The lowest BCUT2D eigenvalue weighted by Crippen LogP contribution is -2.50. The molecular formula is C15H31N3. The first-order chi connectivity index (χ1) is 8.69. The van der Waals surface area contributed by atoms with E-state index in [1.165, 1.54) is 65.2 Å². The normalized spacial score (nSPS) is 26.0. The molecule has 106 valence electrons. The predicted octanol–water partition coefficient (Wildman–Crippen LogP) is 1.74. The Bertz CT molecular complexity index is 226. The average Bonchev–Trinajstić information content (AvgIpc) is 2.40. The van der Waals surface area contributed by atoms with Crippen molar-refractivity contribution < 1.29 is 0 Å². The number of piperidine rings is 1. The maximum absolute atomic E-state index is 2.70. The van der Waals surface area contributed by atoms with E-state index in [0.29, 0.717) is 0 Å². The highest BCUT2D eigenvalue weighted by Crippen LogP contribution is 2.19. The summed E-state index contributed by atoms with van der Waals surface area (Å²) in [5, 5.41) is 0. The van der Waals surface area contributed by atoms with E-state index >= 15 is 0 Å². The van der Waals surface area contributed by atoms with E-state index in [2.05, 4.69) is 35.5 Å². The maximum Gasteiger partial charge on any atom is 0.0113 e. The molecule has 0 atom stereocenters. The van der Waals surface area contributed by atoms with Crippen molar-refractivity contribution in [2.24, 2.45) is 5.92 Å². The Morgan fingerprint density at radius 2 is 1.50 bits per heavy atom. The predicted molar refractivity (Wildman–Crippen MR) is 78.0 cm³/mol. The fourth-order valence-electron chi connectivity index (χ4n) is 3.31.